The van der Waals surface area contributed by atoms with Gasteiger partial charge in [-0.15, -0.1) is 0 Å². The molecule has 5 heterocycles. The van der Waals surface area contributed by atoms with Crippen LogP contribution in [0.5, 0.6) is 11.5 Å². The average Bonchev–Trinajstić information content (AvgIpc) is 3.42. The largest absolute Gasteiger partial charge is 0.494 e. The number of hydrogen-bond donors (Lipinski definition) is 1. The number of furan rings is 1. The summed E-state index contributed by atoms with van der Waals surface area (Å²) in [7, 11) is 3.08. The molecule has 11 nitrogen and oxygen atoms in total. The maximum atomic E-state index is 12.6. The van der Waals surface area contributed by atoms with Gasteiger partial charge in [0.15, 0.2) is 22.8 Å². The molecular formula is C28H27N5O6. The zero-order valence-electron chi connectivity index (χ0n) is 21.6. The number of likely N-dealkylation sites (N-methyl/N-ethyl adjacent to an activating group) is 1. The molecule has 11 heteroatoms. The van der Waals surface area contributed by atoms with E-state index in [0.717, 1.165) is 12.8 Å². The first-order chi connectivity index (χ1) is 19.0. The van der Waals surface area contributed by atoms with E-state index in [1.807, 2.05) is 0 Å². The fraction of sp³-hybridized carbons (Fsp3) is 0.321. The van der Waals surface area contributed by atoms with Gasteiger partial charge in [-0.2, -0.15) is 5.26 Å². The van der Waals surface area contributed by atoms with Crippen LogP contribution in [-0.4, -0.2) is 77.5 Å². The number of nitriles is 1. The third-order valence-electron chi connectivity index (χ3n) is 6.45. The number of amides is 1. The van der Waals surface area contributed by atoms with Gasteiger partial charge in [-0.3, -0.25) is 9.78 Å². The van der Waals surface area contributed by atoms with Crippen LogP contribution in [0.25, 0.3) is 33.8 Å². The molecule has 1 aliphatic heterocycles. The summed E-state index contributed by atoms with van der Waals surface area (Å²) in [6, 6.07) is 10.8. The van der Waals surface area contributed by atoms with E-state index in [4.69, 9.17) is 23.7 Å². The topological polar surface area (TPSA) is 144 Å². The van der Waals surface area contributed by atoms with E-state index < -0.39 is 0 Å². The van der Waals surface area contributed by atoms with Crippen LogP contribution in [0.15, 0.2) is 47.1 Å². The van der Waals surface area contributed by atoms with E-state index in [1.54, 1.807) is 43.6 Å². The molecule has 1 aliphatic rings. The predicted octanol–water partition coefficient (Wildman–Crippen LogP) is 3.45. The third kappa shape index (κ3) is 5.38. The molecule has 0 bridgehead atoms. The van der Waals surface area contributed by atoms with Gasteiger partial charge in [0.25, 0.3) is 5.91 Å². The van der Waals surface area contributed by atoms with Crippen molar-refractivity contribution in [3.63, 3.8) is 0 Å². The summed E-state index contributed by atoms with van der Waals surface area (Å²) in [6.07, 6.45) is 4.59. The minimum Gasteiger partial charge on any atom is -0.494 e. The van der Waals surface area contributed by atoms with Crippen LogP contribution in [0.1, 0.15) is 28.9 Å². The lowest BCUT2D eigenvalue weighted by Gasteiger charge is -2.23. The molecule has 4 aromatic heterocycles. The number of methoxy groups -OCH3 is 1. The molecule has 1 N–H and O–H groups in total. The predicted molar refractivity (Wildman–Crippen MR) is 140 cm³/mol. The van der Waals surface area contributed by atoms with Crippen LogP contribution in [0.4, 0.5) is 0 Å². The Hall–Kier alpha value is -4.53. The van der Waals surface area contributed by atoms with Crippen molar-refractivity contribution in [2.45, 2.75) is 18.9 Å². The first-order valence-electron chi connectivity index (χ1n) is 12.5. The van der Waals surface area contributed by atoms with Crippen molar-refractivity contribution in [1.29, 1.82) is 5.26 Å². The van der Waals surface area contributed by atoms with Crippen LogP contribution in [-0.2, 0) is 4.74 Å². The number of aromatic nitrogens is 3. The Morgan fingerprint density at radius 1 is 1.21 bits per heavy atom. The fourth-order valence-electron chi connectivity index (χ4n) is 4.38. The molecular weight excluding hydrogens is 502 g/mol. The maximum absolute atomic E-state index is 12.6. The van der Waals surface area contributed by atoms with Crippen LogP contribution in [0.2, 0.25) is 0 Å². The highest BCUT2D eigenvalue weighted by molar-refractivity contribution is 5.95. The zero-order valence-corrected chi connectivity index (χ0v) is 21.6. The molecule has 0 spiro atoms. The second kappa shape index (κ2) is 11.5. The van der Waals surface area contributed by atoms with Crippen molar-refractivity contribution in [2.24, 2.45) is 0 Å². The fourth-order valence-corrected chi connectivity index (χ4v) is 4.38. The van der Waals surface area contributed by atoms with E-state index in [9.17, 15) is 10.1 Å². The van der Waals surface area contributed by atoms with Crippen LogP contribution in [0.3, 0.4) is 0 Å². The van der Waals surface area contributed by atoms with Gasteiger partial charge in [-0.05, 0) is 24.3 Å². The number of fused-ring (bicyclic) bond motifs is 1. The van der Waals surface area contributed by atoms with E-state index in [2.05, 4.69) is 21.0 Å². The molecule has 4 aromatic rings. The number of carbonyl (C=O) groups is 1. The van der Waals surface area contributed by atoms with Gasteiger partial charge in [0.05, 0.1) is 38.2 Å². The Labute approximate surface area is 224 Å². The third-order valence-corrected chi connectivity index (χ3v) is 6.45. The van der Waals surface area contributed by atoms with Crippen molar-refractivity contribution >= 4 is 17.0 Å². The van der Waals surface area contributed by atoms with Crippen molar-refractivity contribution in [2.75, 3.05) is 40.5 Å². The molecule has 1 fully saturated rings. The van der Waals surface area contributed by atoms with Gasteiger partial charge < -0.3 is 28.6 Å². The standard InChI is InChI=1S/C28H27N5O6/c1-33(9-10-34)28(35)17-13-24(36-2)26(31-16-17)25-14-21-27(39-25)19(5-8-30-21)20-3-4-23(22(15-29)32-20)38-18-6-11-37-12-7-18/h3-5,8,13-14,16,18,34H,6-7,9-12H2,1-2H3. The van der Waals surface area contributed by atoms with Crippen LogP contribution < -0.4 is 9.47 Å². The minimum absolute atomic E-state index is 0.0157. The Morgan fingerprint density at radius 3 is 2.77 bits per heavy atom. The van der Waals surface area contributed by atoms with Gasteiger partial charge in [0.1, 0.15) is 29.1 Å². The molecule has 0 atom stereocenters. The highest BCUT2D eigenvalue weighted by Gasteiger charge is 2.22. The van der Waals surface area contributed by atoms with E-state index >= 15 is 0 Å². The highest BCUT2D eigenvalue weighted by atomic mass is 16.5. The molecule has 0 aromatic carbocycles. The number of pyridine rings is 3. The smallest absolute Gasteiger partial charge is 0.255 e. The van der Waals surface area contributed by atoms with Crippen molar-refractivity contribution in [3.05, 3.63) is 54.0 Å². The second-order valence-corrected chi connectivity index (χ2v) is 8.99. The summed E-state index contributed by atoms with van der Waals surface area (Å²) in [6.45, 7) is 1.32. The van der Waals surface area contributed by atoms with E-state index in [1.165, 1.54) is 18.2 Å². The monoisotopic (exact) mass is 529 g/mol. The number of hydrogen-bond acceptors (Lipinski definition) is 10. The van der Waals surface area contributed by atoms with Gasteiger partial charge >= 0.3 is 0 Å². The minimum atomic E-state index is -0.293. The number of rotatable bonds is 8. The molecule has 0 unspecified atom stereocenters. The Bertz CT molecular complexity index is 1540. The molecule has 1 amide bonds. The normalized spacial score (nSPS) is 13.7. The summed E-state index contributed by atoms with van der Waals surface area (Å²) in [5, 5.41) is 18.9. The number of nitrogens with zero attached hydrogens (tertiary/aromatic N) is 5. The van der Waals surface area contributed by atoms with Gasteiger partial charge in [0, 0.05) is 50.5 Å². The maximum Gasteiger partial charge on any atom is 0.255 e. The molecule has 200 valence electrons. The molecule has 0 saturated carbocycles. The molecule has 1 saturated heterocycles. The highest BCUT2D eigenvalue weighted by Crippen LogP contribution is 2.36. The molecule has 39 heavy (non-hydrogen) atoms. The summed E-state index contributed by atoms with van der Waals surface area (Å²) in [5.74, 6) is 0.883. The molecule has 0 radical (unpaired) electrons. The van der Waals surface area contributed by atoms with Crippen LogP contribution >= 0.6 is 0 Å². The summed E-state index contributed by atoms with van der Waals surface area (Å²) >= 11 is 0. The Morgan fingerprint density at radius 2 is 2.03 bits per heavy atom. The summed E-state index contributed by atoms with van der Waals surface area (Å²) in [4.78, 5) is 27.4. The zero-order chi connectivity index (χ0) is 27.4. The first kappa shape index (κ1) is 26.1. The quantitative estimate of drug-likeness (QED) is 0.360. The SMILES string of the molecule is COc1cc(C(=O)N(C)CCO)cnc1-c1cc2nccc(-c3ccc(OC4CCOCC4)c(C#N)n3)c2o1. The van der Waals surface area contributed by atoms with Gasteiger partial charge in [-0.25, -0.2) is 9.97 Å². The number of aliphatic hydroxyl groups is 1. The Balaban J connectivity index is 1.48. The molecule has 5 rings (SSSR count). The van der Waals surface area contributed by atoms with E-state index in [-0.39, 0.29) is 30.9 Å². The van der Waals surface area contributed by atoms with Crippen LogP contribution in [0, 0.1) is 11.3 Å². The van der Waals surface area contributed by atoms with Crippen molar-refractivity contribution in [3.8, 4) is 40.3 Å². The first-order valence-corrected chi connectivity index (χ1v) is 12.5. The summed E-state index contributed by atoms with van der Waals surface area (Å²) in [5.41, 5.74) is 3.12. The lowest BCUT2D eigenvalue weighted by atomic mass is 10.1. The molecule has 0 aliphatic carbocycles. The van der Waals surface area contributed by atoms with Gasteiger partial charge in [0.2, 0.25) is 0 Å². The number of ether oxygens (including phenoxy) is 3. The van der Waals surface area contributed by atoms with Crippen molar-refractivity contribution in [1.82, 2.24) is 19.9 Å². The number of aliphatic hydroxyl groups excluding tert-OH is 1. The Kier molecular flexibility index (Phi) is 7.67. The summed E-state index contributed by atoms with van der Waals surface area (Å²) < 4.78 is 23.1. The van der Waals surface area contributed by atoms with Gasteiger partial charge in [-0.1, -0.05) is 0 Å². The lowest BCUT2D eigenvalue weighted by molar-refractivity contribution is 0.0253. The average molecular weight is 530 g/mol. The second-order valence-electron chi connectivity index (χ2n) is 8.99. The van der Waals surface area contributed by atoms with E-state index in [0.29, 0.717) is 64.1 Å². The van der Waals surface area contributed by atoms with Crippen molar-refractivity contribution < 1.29 is 28.5 Å². The lowest BCUT2D eigenvalue weighted by Crippen LogP contribution is -2.29. The number of carbonyl (C=O) groups excluding carboxylic acids is 1.